The topological polar surface area (TPSA) is 50.8 Å². The van der Waals surface area contributed by atoms with E-state index in [9.17, 15) is 4.79 Å². The summed E-state index contributed by atoms with van der Waals surface area (Å²) < 4.78 is 10.8. The lowest BCUT2D eigenvalue weighted by Crippen LogP contribution is -2.52. The molecule has 0 bridgehead atoms. The minimum atomic E-state index is -0.470. The average Bonchev–Trinajstić information content (AvgIpc) is 2.70. The summed E-state index contributed by atoms with van der Waals surface area (Å²) in [5.74, 6) is -0.0737. The first-order valence-electron chi connectivity index (χ1n) is 7.96. The van der Waals surface area contributed by atoms with Gasteiger partial charge in [0.2, 0.25) is 0 Å². The molecule has 1 N–H and O–H groups in total. The van der Waals surface area contributed by atoms with Gasteiger partial charge in [-0.05, 0) is 39.2 Å². The highest BCUT2D eigenvalue weighted by atomic mass is 16.5. The molecule has 0 spiro atoms. The normalized spacial score (nSPS) is 32.0. The zero-order valence-corrected chi connectivity index (χ0v) is 12.8. The fraction of sp³-hybridized carbons (Fsp3) is 0.933. The molecular formula is C15H28N2O3. The van der Waals surface area contributed by atoms with Crippen molar-refractivity contribution in [2.75, 3.05) is 39.5 Å². The number of likely N-dealkylation sites (N-methyl/N-ethyl adjacent to an activating group) is 1. The van der Waals surface area contributed by atoms with Crippen molar-refractivity contribution < 1.29 is 14.3 Å². The number of carbonyl (C=O) groups excluding carboxylic acids is 1. The lowest BCUT2D eigenvalue weighted by molar-refractivity contribution is -0.151. The summed E-state index contributed by atoms with van der Waals surface area (Å²) in [5.41, 5.74) is -0.470. The Morgan fingerprint density at radius 1 is 1.40 bits per heavy atom. The third-order valence-corrected chi connectivity index (χ3v) is 4.44. The van der Waals surface area contributed by atoms with Crippen LogP contribution in [0.1, 0.15) is 39.5 Å². The molecule has 2 aliphatic rings. The Kier molecular flexibility index (Phi) is 5.81. The zero-order valence-electron chi connectivity index (χ0n) is 12.8. The van der Waals surface area contributed by atoms with Gasteiger partial charge in [0.25, 0.3) is 0 Å². The lowest BCUT2D eigenvalue weighted by Gasteiger charge is -2.31. The molecule has 0 aromatic heterocycles. The van der Waals surface area contributed by atoms with Crippen molar-refractivity contribution >= 4 is 5.97 Å². The minimum Gasteiger partial charge on any atom is -0.465 e. The van der Waals surface area contributed by atoms with Crippen molar-refractivity contribution in [3.63, 3.8) is 0 Å². The third kappa shape index (κ3) is 3.51. The van der Waals surface area contributed by atoms with Gasteiger partial charge in [-0.2, -0.15) is 0 Å². The summed E-state index contributed by atoms with van der Waals surface area (Å²) in [7, 11) is 0. The SMILES string of the molecule is CCNC1(C(=O)OCC)CCC(N2CCCOCC2)C1. The molecule has 1 heterocycles. The minimum absolute atomic E-state index is 0.0737. The number of hydrogen-bond acceptors (Lipinski definition) is 5. The highest BCUT2D eigenvalue weighted by molar-refractivity contribution is 5.81. The molecule has 20 heavy (non-hydrogen) atoms. The van der Waals surface area contributed by atoms with E-state index in [1.54, 1.807) is 0 Å². The molecule has 2 fully saturated rings. The molecule has 0 aromatic rings. The summed E-state index contributed by atoms with van der Waals surface area (Å²) in [5, 5.41) is 3.39. The van der Waals surface area contributed by atoms with Gasteiger partial charge in [-0.3, -0.25) is 9.69 Å². The highest BCUT2D eigenvalue weighted by Crippen LogP contribution is 2.34. The van der Waals surface area contributed by atoms with Crippen molar-refractivity contribution in [2.24, 2.45) is 0 Å². The molecule has 1 saturated heterocycles. The Bertz CT molecular complexity index is 316. The van der Waals surface area contributed by atoms with Gasteiger partial charge in [-0.15, -0.1) is 0 Å². The number of ether oxygens (including phenoxy) is 2. The molecule has 116 valence electrons. The van der Waals surface area contributed by atoms with Crippen LogP contribution in [0, 0.1) is 0 Å². The van der Waals surface area contributed by atoms with Crippen LogP contribution in [-0.4, -0.2) is 61.9 Å². The molecule has 1 aliphatic carbocycles. The summed E-state index contributed by atoms with van der Waals surface area (Å²) in [6.07, 6.45) is 3.89. The van der Waals surface area contributed by atoms with E-state index in [1.807, 2.05) is 13.8 Å². The summed E-state index contributed by atoms with van der Waals surface area (Å²) in [6.45, 7) is 8.90. The van der Waals surface area contributed by atoms with Crippen LogP contribution in [0.5, 0.6) is 0 Å². The maximum Gasteiger partial charge on any atom is 0.326 e. The first kappa shape index (κ1) is 15.7. The Labute approximate surface area is 122 Å². The van der Waals surface area contributed by atoms with Crippen molar-refractivity contribution in [1.29, 1.82) is 0 Å². The van der Waals surface area contributed by atoms with Crippen molar-refractivity contribution in [1.82, 2.24) is 10.2 Å². The van der Waals surface area contributed by atoms with Gasteiger partial charge < -0.3 is 14.8 Å². The molecule has 1 aliphatic heterocycles. The number of nitrogens with zero attached hydrogens (tertiary/aromatic N) is 1. The van der Waals surface area contributed by atoms with Crippen LogP contribution in [0.25, 0.3) is 0 Å². The summed E-state index contributed by atoms with van der Waals surface area (Å²) >= 11 is 0. The van der Waals surface area contributed by atoms with E-state index in [0.717, 1.165) is 58.5 Å². The molecule has 0 radical (unpaired) electrons. The van der Waals surface area contributed by atoms with Crippen LogP contribution >= 0.6 is 0 Å². The molecular weight excluding hydrogens is 256 g/mol. The van der Waals surface area contributed by atoms with E-state index >= 15 is 0 Å². The van der Waals surface area contributed by atoms with E-state index < -0.39 is 5.54 Å². The van der Waals surface area contributed by atoms with Gasteiger partial charge in [-0.1, -0.05) is 6.92 Å². The zero-order chi connectivity index (χ0) is 14.4. The van der Waals surface area contributed by atoms with Crippen LogP contribution in [0.3, 0.4) is 0 Å². The molecule has 0 aromatic carbocycles. The second kappa shape index (κ2) is 7.38. The number of rotatable bonds is 5. The molecule has 5 heteroatoms. The number of esters is 1. The number of carbonyl (C=O) groups is 1. The second-order valence-electron chi connectivity index (χ2n) is 5.73. The Morgan fingerprint density at radius 3 is 3.00 bits per heavy atom. The number of nitrogens with one attached hydrogen (secondary N) is 1. The van der Waals surface area contributed by atoms with Crippen molar-refractivity contribution in [3.05, 3.63) is 0 Å². The fourth-order valence-electron chi connectivity index (χ4n) is 3.49. The molecule has 2 unspecified atom stereocenters. The number of hydrogen-bond donors (Lipinski definition) is 1. The van der Waals surface area contributed by atoms with Crippen LogP contribution in [-0.2, 0) is 14.3 Å². The predicted molar refractivity (Wildman–Crippen MR) is 77.7 cm³/mol. The standard InChI is InChI=1S/C15H28N2O3/c1-3-16-15(14(18)20-4-2)7-6-13(12-15)17-8-5-10-19-11-9-17/h13,16H,3-12H2,1-2H3. The maximum absolute atomic E-state index is 12.3. The Hall–Kier alpha value is -0.650. The van der Waals surface area contributed by atoms with Gasteiger partial charge in [0.05, 0.1) is 13.2 Å². The maximum atomic E-state index is 12.3. The van der Waals surface area contributed by atoms with Gasteiger partial charge in [-0.25, -0.2) is 0 Å². The van der Waals surface area contributed by atoms with Crippen LogP contribution in [0.4, 0.5) is 0 Å². The van der Waals surface area contributed by atoms with Crippen molar-refractivity contribution in [2.45, 2.75) is 51.1 Å². The van der Waals surface area contributed by atoms with Gasteiger partial charge in [0.1, 0.15) is 5.54 Å². The first-order chi connectivity index (χ1) is 9.72. The van der Waals surface area contributed by atoms with Crippen molar-refractivity contribution in [3.8, 4) is 0 Å². The summed E-state index contributed by atoms with van der Waals surface area (Å²) in [6, 6.07) is 0.472. The largest absolute Gasteiger partial charge is 0.465 e. The van der Waals surface area contributed by atoms with E-state index in [1.165, 1.54) is 0 Å². The monoisotopic (exact) mass is 284 g/mol. The fourth-order valence-corrected chi connectivity index (χ4v) is 3.49. The quantitative estimate of drug-likeness (QED) is 0.768. The van der Waals surface area contributed by atoms with E-state index in [2.05, 4.69) is 10.2 Å². The van der Waals surface area contributed by atoms with Crippen LogP contribution in [0.2, 0.25) is 0 Å². The van der Waals surface area contributed by atoms with Gasteiger partial charge in [0.15, 0.2) is 0 Å². The molecule has 5 nitrogen and oxygen atoms in total. The first-order valence-corrected chi connectivity index (χ1v) is 7.96. The van der Waals surface area contributed by atoms with E-state index in [0.29, 0.717) is 12.6 Å². The lowest BCUT2D eigenvalue weighted by atomic mass is 9.97. The van der Waals surface area contributed by atoms with Crippen LogP contribution in [0.15, 0.2) is 0 Å². The Balaban J connectivity index is 2.00. The molecule has 2 rings (SSSR count). The molecule has 0 amide bonds. The summed E-state index contributed by atoms with van der Waals surface area (Å²) in [4.78, 5) is 14.8. The highest BCUT2D eigenvalue weighted by Gasteiger charge is 2.47. The average molecular weight is 284 g/mol. The van der Waals surface area contributed by atoms with E-state index in [4.69, 9.17) is 9.47 Å². The molecule has 2 atom stereocenters. The predicted octanol–water partition coefficient (Wildman–Crippen LogP) is 1.17. The second-order valence-corrected chi connectivity index (χ2v) is 5.73. The van der Waals surface area contributed by atoms with Gasteiger partial charge in [0, 0.05) is 25.7 Å². The molecule has 1 saturated carbocycles. The van der Waals surface area contributed by atoms with Crippen LogP contribution < -0.4 is 5.32 Å². The Morgan fingerprint density at radius 2 is 2.25 bits per heavy atom. The van der Waals surface area contributed by atoms with E-state index in [-0.39, 0.29) is 5.97 Å². The smallest absolute Gasteiger partial charge is 0.326 e. The van der Waals surface area contributed by atoms with Gasteiger partial charge >= 0.3 is 5.97 Å². The third-order valence-electron chi connectivity index (χ3n) is 4.44.